The fourth-order valence-electron chi connectivity index (χ4n) is 4.28. The summed E-state index contributed by atoms with van der Waals surface area (Å²) in [5.41, 5.74) is 4.49. The topological polar surface area (TPSA) is 45.2 Å². The van der Waals surface area contributed by atoms with Gasteiger partial charge in [0.2, 0.25) is 5.91 Å². The molecular formula is C21H25N3O. The minimum absolute atomic E-state index is 0.0517. The maximum absolute atomic E-state index is 11.2. The van der Waals surface area contributed by atoms with Crippen LogP contribution in [0.4, 0.5) is 5.69 Å². The number of anilines is 1. The number of aromatic nitrogens is 1. The molecule has 2 aromatic rings. The van der Waals surface area contributed by atoms with E-state index in [4.69, 9.17) is 4.98 Å². The van der Waals surface area contributed by atoms with Gasteiger partial charge in [0.15, 0.2) is 0 Å². The van der Waals surface area contributed by atoms with E-state index >= 15 is 0 Å². The first kappa shape index (κ1) is 16.3. The molecule has 1 aliphatic carbocycles. The fraction of sp³-hybridized carbons (Fsp3) is 0.429. The molecule has 1 aromatic heterocycles. The maximum Gasteiger partial charge on any atom is 0.221 e. The smallest absolute Gasteiger partial charge is 0.221 e. The Morgan fingerprint density at radius 1 is 1.24 bits per heavy atom. The molecule has 0 bridgehead atoms. The van der Waals surface area contributed by atoms with E-state index in [0.717, 1.165) is 40.7 Å². The molecule has 1 aromatic carbocycles. The van der Waals surface area contributed by atoms with Crippen molar-refractivity contribution in [2.45, 2.75) is 33.2 Å². The molecule has 1 amide bonds. The quantitative estimate of drug-likeness (QED) is 0.863. The largest absolute Gasteiger partial charge is 0.326 e. The monoisotopic (exact) mass is 335 g/mol. The van der Waals surface area contributed by atoms with Gasteiger partial charge in [0, 0.05) is 37.6 Å². The summed E-state index contributed by atoms with van der Waals surface area (Å²) in [5, 5.41) is 3.88. The van der Waals surface area contributed by atoms with Crippen molar-refractivity contribution in [3.8, 4) is 0 Å². The molecule has 0 spiro atoms. The van der Waals surface area contributed by atoms with Crippen LogP contribution >= 0.6 is 0 Å². The Hall–Kier alpha value is -2.20. The maximum atomic E-state index is 11.2. The van der Waals surface area contributed by atoms with Gasteiger partial charge in [0.05, 0.1) is 11.2 Å². The van der Waals surface area contributed by atoms with Crippen LogP contribution in [0.25, 0.3) is 10.9 Å². The molecule has 1 aliphatic heterocycles. The Kier molecular flexibility index (Phi) is 4.30. The molecule has 4 nitrogen and oxygen atoms in total. The number of benzene rings is 1. The van der Waals surface area contributed by atoms with Crippen LogP contribution in [0, 0.1) is 11.8 Å². The lowest BCUT2D eigenvalue weighted by Gasteiger charge is -2.22. The average molecular weight is 335 g/mol. The number of allylic oxidation sites excluding steroid dienone is 2. The first-order chi connectivity index (χ1) is 12.1. The van der Waals surface area contributed by atoms with E-state index in [1.807, 2.05) is 18.2 Å². The zero-order valence-corrected chi connectivity index (χ0v) is 15.0. The minimum Gasteiger partial charge on any atom is -0.326 e. The fourth-order valence-corrected chi connectivity index (χ4v) is 4.28. The molecule has 2 aliphatic rings. The highest BCUT2D eigenvalue weighted by atomic mass is 16.1. The number of amides is 1. The van der Waals surface area contributed by atoms with Gasteiger partial charge in [-0.05, 0) is 55.9 Å². The highest BCUT2D eigenvalue weighted by Gasteiger charge is 2.33. The third-order valence-corrected chi connectivity index (χ3v) is 5.46. The highest BCUT2D eigenvalue weighted by Crippen LogP contribution is 2.36. The van der Waals surface area contributed by atoms with Crippen molar-refractivity contribution in [1.82, 2.24) is 9.88 Å². The van der Waals surface area contributed by atoms with Gasteiger partial charge in [0.25, 0.3) is 0 Å². The molecule has 2 heterocycles. The highest BCUT2D eigenvalue weighted by molar-refractivity contribution is 5.92. The van der Waals surface area contributed by atoms with E-state index in [0.29, 0.717) is 0 Å². The molecule has 4 rings (SSSR count). The van der Waals surface area contributed by atoms with Crippen LogP contribution in [0.3, 0.4) is 0 Å². The van der Waals surface area contributed by atoms with Crippen molar-refractivity contribution >= 4 is 22.5 Å². The summed E-state index contributed by atoms with van der Waals surface area (Å²) in [6.45, 7) is 7.09. The summed E-state index contributed by atoms with van der Waals surface area (Å²) in [6, 6.07) is 10.1. The van der Waals surface area contributed by atoms with E-state index in [-0.39, 0.29) is 5.91 Å². The van der Waals surface area contributed by atoms with Crippen LogP contribution in [0.15, 0.2) is 42.0 Å². The van der Waals surface area contributed by atoms with Crippen LogP contribution in [-0.4, -0.2) is 28.9 Å². The zero-order valence-electron chi connectivity index (χ0n) is 15.0. The number of likely N-dealkylation sites (tertiary alicyclic amines) is 1. The summed E-state index contributed by atoms with van der Waals surface area (Å²) in [6.07, 6.45) is 4.92. The van der Waals surface area contributed by atoms with Gasteiger partial charge < -0.3 is 5.32 Å². The lowest BCUT2D eigenvalue weighted by molar-refractivity contribution is -0.114. The number of rotatable bonds is 3. The van der Waals surface area contributed by atoms with Crippen LogP contribution < -0.4 is 5.32 Å². The summed E-state index contributed by atoms with van der Waals surface area (Å²) < 4.78 is 0. The van der Waals surface area contributed by atoms with Gasteiger partial charge in [-0.15, -0.1) is 0 Å². The number of fused-ring (bicyclic) bond motifs is 2. The van der Waals surface area contributed by atoms with Crippen molar-refractivity contribution in [2.24, 2.45) is 11.8 Å². The van der Waals surface area contributed by atoms with Crippen molar-refractivity contribution in [3.05, 3.63) is 47.7 Å². The lowest BCUT2D eigenvalue weighted by Crippen LogP contribution is -2.21. The van der Waals surface area contributed by atoms with Crippen molar-refractivity contribution in [2.75, 3.05) is 18.4 Å². The average Bonchev–Trinajstić information content (AvgIpc) is 2.95. The second-order valence-corrected chi connectivity index (χ2v) is 7.60. The molecule has 1 saturated heterocycles. The van der Waals surface area contributed by atoms with Crippen LogP contribution in [-0.2, 0) is 11.3 Å². The summed E-state index contributed by atoms with van der Waals surface area (Å²) in [7, 11) is 0. The number of nitrogens with zero attached hydrogens (tertiary/aromatic N) is 2. The molecule has 4 heteroatoms. The van der Waals surface area contributed by atoms with E-state index in [1.54, 1.807) is 5.57 Å². The first-order valence-electron chi connectivity index (χ1n) is 9.12. The predicted octanol–water partition coefficient (Wildman–Crippen LogP) is 3.98. The molecule has 1 fully saturated rings. The normalized spacial score (nSPS) is 23.4. The molecule has 0 unspecified atom stereocenters. The Morgan fingerprint density at radius 2 is 2.08 bits per heavy atom. The minimum atomic E-state index is -0.0517. The first-order valence-corrected chi connectivity index (χ1v) is 9.12. The van der Waals surface area contributed by atoms with Crippen molar-refractivity contribution in [1.29, 1.82) is 0 Å². The summed E-state index contributed by atoms with van der Waals surface area (Å²) in [5.74, 6) is 1.60. The molecule has 25 heavy (non-hydrogen) atoms. The van der Waals surface area contributed by atoms with Crippen LogP contribution in [0.2, 0.25) is 0 Å². The van der Waals surface area contributed by atoms with Crippen LogP contribution in [0.5, 0.6) is 0 Å². The molecule has 0 saturated carbocycles. The molecule has 0 radical (unpaired) electrons. The van der Waals surface area contributed by atoms with E-state index < -0.39 is 0 Å². The summed E-state index contributed by atoms with van der Waals surface area (Å²) >= 11 is 0. The number of nitrogens with one attached hydrogen (secondary N) is 1. The second-order valence-electron chi connectivity index (χ2n) is 7.60. The van der Waals surface area contributed by atoms with Gasteiger partial charge in [-0.2, -0.15) is 0 Å². The number of pyridine rings is 1. The van der Waals surface area contributed by atoms with Gasteiger partial charge in [-0.25, -0.2) is 0 Å². The summed E-state index contributed by atoms with van der Waals surface area (Å²) in [4.78, 5) is 18.6. The SMILES string of the molecule is CC(=O)Nc1ccc2nc(CN3C[C@H]4CC(C)=CC[C@H]4C3)ccc2c1. The number of carbonyl (C=O) groups excluding carboxylic acids is 1. The third kappa shape index (κ3) is 3.59. The lowest BCUT2D eigenvalue weighted by atomic mass is 9.83. The van der Waals surface area contributed by atoms with Gasteiger partial charge in [0.1, 0.15) is 0 Å². The number of hydrogen-bond donors (Lipinski definition) is 1. The van der Waals surface area contributed by atoms with Crippen molar-refractivity contribution < 1.29 is 4.79 Å². The third-order valence-electron chi connectivity index (χ3n) is 5.46. The number of carbonyl (C=O) groups is 1. The predicted molar refractivity (Wildman–Crippen MR) is 101 cm³/mol. The molecular weight excluding hydrogens is 310 g/mol. The van der Waals surface area contributed by atoms with Gasteiger partial charge in [-0.1, -0.05) is 17.7 Å². The van der Waals surface area contributed by atoms with E-state index in [1.165, 1.54) is 32.9 Å². The Labute approximate surface area is 148 Å². The van der Waals surface area contributed by atoms with Crippen LogP contribution in [0.1, 0.15) is 32.4 Å². The number of hydrogen-bond acceptors (Lipinski definition) is 3. The van der Waals surface area contributed by atoms with Gasteiger partial charge in [-0.3, -0.25) is 14.7 Å². The second kappa shape index (κ2) is 6.60. The molecule has 130 valence electrons. The molecule has 2 atom stereocenters. The zero-order chi connectivity index (χ0) is 17.4. The standard InChI is InChI=1S/C21H25N3O/c1-14-3-4-17-11-24(12-18(17)9-14)13-20-6-5-16-10-19(22-15(2)25)7-8-21(16)23-20/h3,5-8,10,17-18H,4,9,11-13H2,1-2H3,(H,22,25)/t17-,18+/m0/s1. The van der Waals surface area contributed by atoms with E-state index in [2.05, 4.69) is 35.3 Å². The Balaban J connectivity index is 1.46. The van der Waals surface area contributed by atoms with Crippen molar-refractivity contribution in [3.63, 3.8) is 0 Å². The Bertz CT molecular complexity index is 842. The Morgan fingerprint density at radius 3 is 2.92 bits per heavy atom. The van der Waals surface area contributed by atoms with E-state index in [9.17, 15) is 4.79 Å². The molecule has 1 N–H and O–H groups in total. The van der Waals surface area contributed by atoms with Gasteiger partial charge >= 0.3 is 0 Å².